The van der Waals surface area contributed by atoms with Gasteiger partial charge >= 0.3 is 12.2 Å². The first-order chi connectivity index (χ1) is 17.5. The maximum absolute atomic E-state index is 12.6. The number of nitrogens with zero attached hydrogens (tertiary/aromatic N) is 3. The summed E-state index contributed by atoms with van der Waals surface area (Å²) in [6.45, 7) is 11.0. The van der Waals surface area contributed by atoms with Gasteiger partial charge in [-0.3, -0.25) is 5.32 Å². The van der Waals surface area contributed by atoms with Crippen molar-refractivity contribution in [1.82, 2.24) is 9.47 Å². The average Bonchev–Trinajstić information content (AvgIpc) is 3.18. The zero-order chi connectivity index (χ0) is 26.7. The lowest BCUT2D eigenvalue weighted by Gasteiger charge is -2.36. The highest BCUT2D eigenvalue weighted by Crippen LogP contribution is 2.31. The number of aromatic nitrogens is 1. The SMILES string of the molecule is CCn1cc(NC(=O)OCc2cc(Cl)cc(Cl)c2)c2cc(N3CCN(C(=O)OC(C)(C)C)CC3)ccc21. The Bertz CT molecular complexity index is 1270. The van der Waals surface area contributed by atoms with Crippen LogP contribution >= 0.6 is 23.2 Å². The second-order valence-electron chi connectivity index (χ2n) is 9.96. The van der Waals surface area contributed by atoms with Crippen molar-refractivity contribution in [2.45, 2.75) is 46.4 Å². The van der Waals surface area contributed by atoms with Crippen LogP contribution in [-0.4, -0.2) is 53.4 Å². The third-order valence-electron chi connectivity index (χ3n) is 6.03. The van der Waals surface area contributed by atoms with Gasteiger partial charge in [-0.1, -0.05) is 23.2 Å². The molecule has 0 radical (unpaired) electrons. The van der Waals surface area contributed by atoms with Crippen molar-refractivity contribution in [2.24, 2.45) is 0 Å². The van der Waals surface area contributed by atoms with Gasteiger partial charge in [0.2, 0.25) is 0 Å². The molecule has 1 N–H and O–H groups in total. The Kier molecular flexibility index (Phi) is 8.09. The minimum absolute atomic E-state index is 0.0473. The molecule has 2 aromatic carbocycles. The van der Waals surface area contributed by atoms with Crippen molar-refractivity contribution in [3.63, 3.8) is 0 Å². The maximum atomic E-state index is 12.6. The summed E-state index contributed by atoms with van der Waals surface area (Å²) in [4.78, 5) is 29.0. The summed E-state index contributed by atoms with van der Waals surface area (Å²) in [5.41, 5.74) is 2.89. The van der Waals surface area contributed by atoms with Crippen molar-refractivity contribution >= 4 is 57.7 Å². The number of nitrogens with one attached hydrogen (secondary N) is 1. The molecule has 1 aromatic heterocycles. The van der Waals surface area contributed by atoms with Crippen LogP contribution in [0.15, 0.2) is 42.6 Å². The fraction of sp³-hybridized carbons (Fsp3) is 0.407. The molecule has 0 atom stereocenters. The Morgan fingerprint density at radius 3 is 2.30 bits per heavy atom. The number of hydrogen-bond donors (Lipinski definition) is 1. The van der Waals surface area contributed by atoms with E-state index in [-0.39, 0.29) is 12.7 Å². The van der Waals surface area contributed by atoms with E-state index in [1.165, 1.54) is 0 Å². The first-order valence-corrected chi connectivity index (χ1v) is 13.0. The molecule has 37 heavy (non-hydrogen) atoms. The summed E-state index contributed by atoms with van der Waals surface area (Å²) >= 11 is 12.1. The molecule has 0 saturated carbocycles. The first-order valence-electron chi connectivity index (χ1n) is 12.3. The first kappa shape index (κ1) is 26.9. The van der Waals surface area contributed by atoms with Crippen LogP contribution in [0.2, 0.25) is 10.0 Å². The molecule has 0 aliphatic carbocycles. The molecule has 2 amide bonds. The number of ether oxygens (including phenoxy) is 2. The van der Waals surface area contributed by atoms with Crippen LogP contribution in [0.1, 0.15) is 33.3 Å². The Hall–Kier alpha value is -3.10. The molecule has 0 unspecified atom stereocenters. The molecular formula is C27H32Cl2N4O4. The molecule has 10 heteroatoms. The second kappa shape index (κ2) is 11.1. The molecular weight excluding hydrogens is 515 g/mol. The highest BCUT2D eigenvalue weighted by Gasteiger charge is 2.26. The third-order valence-corrected chi connectivity index (χ3v) is 6.47. The van der Waals surface area contributed by atoms with Gasteiger partial charge < -0.3 is 23.8 Å². The molecule has 3 aromatic rings. The normalized spacial score (nSPS) is 14.1. The van der Waals surface area contributed by atoms with Gasteiger partial charge in [-0.05, 0) is 69.7 Å². The molecule has 1 fully saturated rings. The van der Waals surface area contributed by atoms with Crippen molar-refractivity contribution in [1.29, 1.82) is 0 Å². The van der Waals surface area contributed by atoms with Gasteiger partial charge in [0.25, 0.3) is 0 Å². The lowest BCUT2D eigenvalue weighted by molar-refractivity contribution is 0.0240. The number of aryl methyl sites for hydroxylation is 1. The van der Waals surface area contributed by atoms with Crippen LogP contribution in [0.25, 0.3) is 10.9 Å². The predicted molar refractivity (Wildman–Crippen MR) is 148 cm³/mol. The fourth-order valence-corrected chi connectivity index (χ4v) is 4.88. The molecule has 8 nitrogen and oxygen atoms in total. The van der Waals surface area contributed by atoms with Crippen LogP contribution in [0.4, 0.5) is 21.0 Å². The Morgan fingerprint density at radius 1 is 1.00 bits per heavy atom. The summed E-state index contributed by atoms with van der Waals surface area (Å²) in [6.07, 6.45) is 1.06. The molecule has 198 valence electrons. The van der Waals surface area contributed by atoms with Gasteiger partial charge in [-0.2, -0.15) is 0 Å². The van der Waals surface area contributed by atoms with E-state index in [1.807, 2.05) is 33.9 Å². The average molecular weight is 547 g/mol. The number of fused-ring (bicyclic) bond motifs is 1. The molecule has 2 heterocycles. The van der Waals surface area contributed by atoms with E-state index in [1.54, 1.807) is 23.1 Å². The minimum Gasteiger partial charge on any atom is -0.444 e. The van der Waals surface area contributed by atoms with E-state index in [0.717, 1.165) is 23.1 Å². The molecule has 0 spiro atoms. The molecule has 1 aliphatic heterocycles. The third kappa shape index (κ3) is 6.81. The Labute approximate surface area is 227 Å². The fourth-order valence-electron chi connectivity index (χ4n) is 4.31. The summed E-state index contributed by atoms with van der Waals surface area (Å²) < 4.78 is 13.0. The summed E-state index contributed by atoms with van der Waals surface area (Å²) in [5.74, 6) is 0. The number of halogens is 2. The van der Waals surface area contributed by atoms with Crippen molar-refractivity contribution in [2.75, 3.05) is 36.4 Å². The van der Waals surface area contributed by atoms with E-state index in [0.29, 0.717) is 47.5 Å². The predicted octanol–water partition coefficient (Wildman–Crippen LogP) is 6.77. The number of carbonyl (C=O) groups excluding carboxylic acids is 2. The highest BCUT2D eigenvalue weighted by atomic mass is 35.5. The summed E-state index contributed by atoms with van der Waals surface area (Å²) in [7, 11) is 0. The Morgan fingerprint density at radius 2 is 1.68 bits per heavy atom. The van der Waals surface area contributed by atoms with Crippen molar-refractivity contribution < 1.29 is 19.1 Å². The number of carbonyl (C=O) groups is 2. The van der Waals surface area contributed by atoms with E-state index < -0.39 is 11.7 Å². The van der Waals surface area contributed by atoms with Crippen molar-refractivity contribution in [3.05, 3.63) is 58.2 Å². The van der Waals surface area contributed by atoms with Gasteiger partial charge in [0, 0.05) is 60.0 Å². The number of piperazine rings is 1. The number of benzene rings is 2. The van der Waals surface area contributed by atoms with Crippen LogP contribution in [0.5, 0.6) is 0 Å². The number of rotatable bonds is 5. The lowest BCUT2D eigenvalue weighted by atomic mass is 10.1. The van der Waals surface area contributed by atoms with Gasteiger partial charge in [-0.15, -0.1) is 0 Å². The van der Waals surface area contributed by atoms with Crippen LogP contribution in [0, 0.1) is 0 Å². The van der Waals surface area contributed by atoms with Gasteiger partial charge in [-0.25, -0.2) is 9.59 Å². The number of hydrogen-bond acceptors (Lipinski definition) is 5. The van der Waals surface area contributed by atoms with Crippen LogP contribution in [-0.2, 0) is 22.6 Å². The molecule has 4 rings (SSSR count). The monoisotopic (exact) mass is 546 g/mol. The van der Waals surface area contributed by atoms with Gasteiger partial charge in [0.1, 0.15) is 12.2 Å². The van der Waals surface area contributed by atoms with E-state index >= 15 is 0 Å². The van der Waals surface area contributed by atoms with Gasteiger partial charge in [0.15, 0.2) is 0 Å². The van der Waals surface area contributed by atoms with Gasteiger partial charge in [0.05, 0.1) is 11.2 Å². The van der Waals surface area contributed by atoms with Crippen molar-refractivity contribution in [3.8, 4) is 0 Å². The maximum Gasteiger partial charge on any atom is 0.412 e. The lowest BCUT2D eigenvalue weighted by Crippen LogP contribution is -2.50. The van der Waals surface area contributed by atoms with Crippen LogP contribution < -0.4 is 10.2 Å². The second-order valence-corrected chi connectivity index (χ2v) is 10.8. The largest absolute Gasteiger partial charge is 0.444 e. The quantitative estimate of drug-likeness (QED) is 0.382. The van der Waals surface area contributed by atoms with Crippen LogP contribution in [0.3, 0.4) is 0 Å². The Balaban J connectivity index is 1.45. The van der Waals surface area contributed by atoms with E-state index in [4.69, 9.17) is 32.7 Å². The zero-order valence-electron chi connectivity index (χ0n) is 21.5. The molecule has 1 saturated heterocycles. The molecule has 0 bridgehead atoms. The minimum atomic E-state index is -0.567. The molecule has 1 aliphatic rings. The number of anilines is 2. The summed E-state index contributed by atoms with van der Waals surface area (Å²) in [5, 5.41) is 4.76. The van der Waals surface area contributed by atoms with E-state index in [2.05, 4.69) is 33.0 Å². The number of amides is 2. The topological polar surface area (TPSA) is 76.0 Å². The van der Waals surface area contributed by atoms with E-state index in [9.17, 15) is 9.59 Å². The zero-order valence-corrected chi connectivity index (χ0v) is 23.0. The smallest absolute Gasteiger partial charge is 0.412 e. The highest BCUT2D eigenvalue weighted by molar-refractivity contribution is 6.34. The summed E-state index contributed by atoms with van der Waals surface area (Å²) in [6, 6.07) is 11.2. The standard InChI is InChI=1S/C27H32Cl2N4O4/c1-5-31-16-23(30-25(34)36-17-18-12-19(28)14-20(29)13-18)22-15-21(6-7-24(22)31)32-8-10-33(11-9-32)26(35)37-27(2,3)4/h6-7,12-16H,5,8-11,17H2,1-4H3,(H,30,34).